The number of anilines is 1. The number of hydrogen-bond acceptors (Lipinski definition) is 4. The molecule has 2 aliphatic rings. The summed E-state index contributed by atoms with van der Waals surface area (Å²) in [4.78, 5) is 26.9. The molecule has 1 saturated carbocycles. The lowest BCUT2D eigenvalue weighted by Crippen LogP contribution is -2.25. The molecule has 0 radical (unpaired) electrons. The molecular formula is C22H19NO2S. The second kappa shape index (κ2) is 6.96. The molecule has 0 atom stereocenters. The number of para-hydroxylation sites is 1. The Bertz CT molecular complexity index is 926. The molecule has 1 fully saturated rings. The lowest BCUT2D eigenvalue weighted by Gasteiger charge is -2.33. The molecule has 0 bridgehead atoms. The van der Waals surface area contributed by atoms with Gasteiger partial charge in [-0.3, -0.25) is 9.59 Å². The van der Waals surface area contributed by atoms with Crippen LogP contribution in [0.15, 0.2) is 71.3 Å². The minimum Gasteiger partial charge on any atom is -0.331 e. The fourth-order valence-corrected chi connectivity index (χ4v) is 4.19. The van der Waals surface area contributed by atoms with Gasteiger partial charge >= 0.3 is 0 Å². The molecule has 1 aliphatic heterocycles. The number of carbonyl (C=O) groups is 2. The van der Waals surface area contributed by atoms with Gasteiger partial charge in [0.2, 0.25) is 0 Å². The summed E-state index contributed by atoms with van der Waals surface area (Å²) in [6.07, 6.45) is 4.69. The molecule has 4 heteroatoms. The fourth-order valence-electron chi connectivity index (χ4n) is 3.57. The Balaban J connectivity index is 1.87. The smallest absolute Gasteiger partial charge is 0.167 e. The number of thioether (sulfide) groups is 1. The Morgan fingerprint density at radius 1 is 0.923 bits per heavy atom. The second-order valence-corrected chi connectivity index (χ2v) is 7.24. The Kier molecular flexibility index (Phi) is 4.51. The highest BCUT2D eigenvalue weighted by molar-refractivity contribution is 8.02. The molecule has 26 heavy (non-hydrogen) atoms. The molecule has 0 aromatic heterocycles. The Morgan fingerprint density at radius 3 is 2.27 bits per heavy atom. The van der Waals surface area contributed by atoms with Gasteiger partial charge in [-0.1, -0.05) is 48.5 Å². The van der Waals surface area contributed by atoms with E-state index in [1.807, 2.05) is 48.7 Å². The van der Waals surface area contributed by atoms with E-state index in [9.17, 15) is 9.59 Å². The minimum absolute atomic E-state index is 0.0342. The maximum atomic E-state index is 12.3. The highest BCUT2D eigenvalue weighted by atomic mass is 32.2. The third-order valence-corrected chi connectivity index (χ3v) is 5.57. The first kappa shape index (κ1) is 16.9. The first-order chi connectivity index (χ1) is 12.7. The van der Waals surface area contributed by atoms with E-state index < -0.39 is 0 Å². The average molecular weight is 361 g/mol. The molecule has 0 unspecified atom stereocenters. The predicted molar refractivity (Wildman–Crippen MR) is 107 cm³/mol. The molecule has 0 spiro atoms. The van der Waals surface area contributed by atoms with Crippen molar-refractivity contribution in [1.29, 1.82) is 0 Å². The largest absolute Gasteiger partial charge is 0.331 e. The zero-order valence-corrected chi connectivity index (χ0v) is 15.4. The topological polar surface area (TPSA) is 37.4 Å². The monoisotopic (exact) mass is 361 g/mol. The van der Waals surface area contributed by atoms with Crippen LogP contribution < -0.4 is 4.90 Å². The molecule has 0 amide bonds. The van der Waals surface area contributed by atoms with Gasteiger partial charge < -0.3 is 4.90 Å². The zero-order valence-electron chi connectivity index (χ0n) is 14.6. The summed E-state index contributed by atoms with van der Waals surface area (Å²) < 4.78 is 0. The summed E-state index contributed by atoms with van der Waals surface area (Å²) in [7, 11) is 0. The number of benzene rings is 2. The summed E-state index contributed by atoms with van der Waals surface area (Å²) >= 11 is 1.63. The van der Waals surface area contributed by atoms with Crippen LogP contribution in [0.4, 0.5) is 5.69 Å². The van der Waals surface area contributed by atoms with E-state index in [1.54, 1.807) is 11.8 Å². The molecule has 3 nitrogen and oxygen atoms in total. The molecule has 1 heterocycles. The molecular weight excluding hydrogens is 342 g/mol. The average Bonchev–Trinajstić information content (AvgIpc) is 3.01. The van der Waals surface area contributed by atoms with Gasteiger partial charge in [-0.2, -0.15) is 0 Å². The number of rotatable bonds is 3. The maximum absolute atomic E-state index is 12.3. The van der Waals surface area contributed by atoms with Gasteiger partial charge in [-0.05, 0) is 24.0 Å². The Morgan fingerprint density at radius 2 is 1.58 bits per heavy atom. The standard InChI is InChI=1S/C22H19NO2S/c1-26-21-13-17(22-19(24)11-12-20(22)25)16-9-5-6-10-18(16)23(21)14-15-7-3-2-4-8-15/h2-10,13H,11-12,14H2,1H3. The fraction of sp³-hybridized carbons (Fsp3) is 0.182. The number of Topliss-reactive ketones (excluding diaryl/α,β-unsaturated/α-hetero) is 2. The number of allylic oxidation sites excluding steroid dienone is 3. The van der Waals surface area contributed by atoms with Crippen LogP contribution in [0.2, 0.25) is 0 Å². The van der Waals surface area contributed by atoms with Crippen molar-refractivity contribution in [1.82, 2.24) is 0 Å². The SMILES string of the molecule is CSC1=CC(=C2C(=O)CCC2=O)c2ccccc2N1Cc1ccccc1. The number of hydrogen-bond donors (Lipinski definition) is 0. The van der Waals surface area contributed by atoms with Crippen molar-refractivity contribution in [2.24, 2.45) is 0 Å². The zero-order chi connectivity index (χ0) is 18.1. The molecule has 0 saturated heterocycles. The van der Waals surface area contributed by atoms with E-state index in [-0.39, 0.29) is 11.6 Å². The molecule has 0 N–H and O–H groups in total. The third kappa shape index (κ3) is 2.90. The van der Waals surface area contributed by atoms with Gasteiger partial charge in [0, 0.05) is 36.2 Å². The molecule has 1 aliphatic carbocycles. The van der Waals surface area contributed by atoms with Gasteiger partial charge in [0.05, 0.1) is 10.6 Å². The maximum Gasteiger partial charge on any atom is 0.167 e. The lowest BCUT2D eigenvalue weighted by atomic mass is 9.93. The van der Waals surface area contributed by atoms with Gasteiger partial charge in [-0.15, -0.1) is 11.8 Å². The lowest BCUT2D eigenvalue weighted by molar-refractivity contribution is -0.116. The van der Waals surface area contributed by atoms with Crippen LogP contribution in [0.1, 0.15) is 24.0 Å². The van der Waals surface area contributed by atoms with Crippen LogP contribution in [-0.4, -0.2) is 17.8 Å². The Hall–Kier alpha value is -2.59. The summed E-state index contributed by atoms with van der Waals surface area (Å²) in [5, 5.41) is 1.04. The summed E-state index contributed by atoms with van der Waals surface area (Å²) in [5.74, 6) is -0.0685. The van der Waals surface area contributed by atoms with Crippen LogP contribution in [0.25, 0.3) is 5.57 Å². The quantitative estimate of drug-likeness (QED) is 0.592. The van der Waals surface area contributed by atoms with Crippen molar-refractivity contribution in [3.8, 4) is 0 Å². The van der Waals surface area contributed by atoms with Crippen LogP contribution >= 0.6 is 11.8 Å². The summed E-state index contributed by atoms with van der Waals surface area (Å²) in [6, 6.07) is 18.3. The van der Waals surface area contributed by atoms with Crippen molar-refractivity contribution >= 4 is 34.6 Å². The Labute approximate surface area is 157 Å². The molecule has 2 aromatic rings. The van der Waals surface area contributed by atoms with E-state index >= 15 is 0 Å². The third-order valence-electron chi connectivity index (χ3n) is 4.82. The molecule has 4 rings (SSSR count). The van der Waals surface area contributed by atoms with E-state index in [1.165, 1.54) is 5.56 Å². The molecule has 2 aromatic carbocycles. The van der Waals surface area contributed by atoms with Gasteiger partial charge in [0.1, 0.15) is 0 Å². The summed E-state index contributed by atoms with van der Waals surface area (Å²) in [6.45, 7) is 0.745. The normalized spacial score (nSPS) is 16.8. The van der Waals surface area contributed by atoms with E-state index in [4.69, 9.17) is 0 Å². The van der Waals surface area contributed by atoms with Crippen molar-refractivity contribution in [2.75, 3.05) is 11.2 Å². The predicted octanol–water partition coefficient (Wildman–Crippen LogP) is 4.60. The highest BCUT2D eigenvalue weighted by Crippen LogP contribution is 2.42. The van der Waals surface area contributed by atoms with E-state index in [0.717, 1.165) is 28.4 Å². The number of ketones is 2. The first-order valence-electron chi connectivity index (χ1n) is 8.66. The van der Waals surface area contributed by atoms with Gasteiger partial charge in [0.25, 0.3) is 0 Å². The van der Waals surface area contributed by atoms with Gasteiger partial charge in [-0.25, -0.2) is 0 Å². The van der Waals surface area contributed by atoms with Crippen molar-refractivity contribution < 1.29 is 9.59 Å². The molecule has 130 valence electrons. The highest BCUT2D eigenvalue weighted by Gasteiger charge is 2.32. The first-order valence-corrected chi connectivity index (χ1v) is 9.88. The van der Waals surface area contributed by atoms with Crippen molar-refractivity contribution in [3.63, 3.8) is 0 Å². The van der Waals surface area contributed by atoms with E-state index in [0.29, 0.717) is 18.4 Å². The minimum atomic E-state index is -0.0342. The second-order valence-electron chi connectivity index (χ2n) is 6.41. The number of carbonyl (C=O) groups excluding carboxylic acids is 2. The number of nitrogens with zero attached hydrogens (tertiary/aromatic N) is 1. The van der Waals surface area contributed by atoms with Crippen LogP contribution in [0.3, 0.4) is 0 Å². The van der Waals surface area contributed by atoms with Crippen molar-refractivity contribution in [3.05, 3.63) is 82.4 Å². The van der Waals surface area contributed by atoms with Gasteiger partial charge in [0.15, 0.2) is 11.6 Å². The van der Waals surface area contributed by atoms with Crippen LogP contribution in [0.5, 0.6) is 0 Å². The van der Waals surface area contributed by atoms with E-state index in [2.05, 4.69) is 23.1 Å². The van der Waals surface area contributed by atoms with Crippen LogP contribution in [0, 0.1) is 0 Å². The number of fused-ring (bicyclic) bond motifs is 1. The van der Waals surface area contributed by atoms with Crippen LogP contribution in [-0.2, 0) is 16.1 Å². The van der Waals surface area contributed by atoms with Crippen molar-refractivity contribution in [2.45, 2.75) is 19.4 Å². The summed E-state index contributed by atoms with van der Waals surface area (Å²) in [5.41, 5.74) is 4.37.